The number of ether oxygens (including phenoxy) is 1. The highest BCUT2D eigenvalue weighted by Crippen LogP contribution is 2.43. The Morgan fingerprint density at radius 2 is 2.00 bits per heavy atom. The van der Waals surface area contributed by atoms with Crippen LogP contribution in [-0.4, -0.2) is 30.1 Å². The van der Waals surface area contributed by atoms with Gasteiger partial charge in [-0.25, -0.2) is 14.5 Å². The lowest BCUT2D eigenvalue weighted by Gasteiger charge is -2.25. The number of nitrogens with one attached hydrogen (secondary N) is 1. The Balaban J connectivity index is 2.11. The quantitative estimate of drug-likeness (QED) is 0.657. The average molecular weight is 364 g/mol. The first-order valence-corrected chi connectivity index (χ1v) is 9.61. The molecule has 0 aromatic carbocycles. The number of anilines is 1. The van der Waals surface area contributed by atoms with E-state index >= 15 is 0 Å². The summed E-state index contributed by atoms with van der Waals surface area (Å²) in [4.78, 5) is 40.4. The van der Waals surface area contributed by atoms with Crippen LogP contribution in [0.3, 0.4) is 0 Å². The second kappa shape index (κ2) is 6.44. The molecule has 1 N–H and O–H groups in total. The Bertz CT molecular complexity index is 740. The third kappa shape index (κ3) is 2.74. The molecule has 1 aromatic rings. The van der Waals surface area contributed by atoms with E-state index in [9.17, 15) is 14.4 Å². The van der Waals surface area contributed by atoms with E-state index < -0.39 is 17.5 Å². The third-order valence-corrected chi connectivity index (χ3v) is 6.48. The fraction of sp³-hybridized carbons (Fsp3) is 0.611. The van der Waals surface area contributed by atoms with Gasteiger partial charge >= 0.3 is 12.0 Å². The molecule has 25 heavy (non-hydrogen) atoms. The summed E-state index contributed by atoms with van der Waals surface area (Å²) in [5.74, 6) is -0.818. The van der Waals surface area contributed by atoms with Crippen molar-refractivity contribution in [3.05, 3.63) is 16.0 Å². The van der Waals surface area contributed by atoms with Gasteiger partial charge < -0.3 is 10.1 Å². The number of esters is 1. The van der Waals surface area contributed by atoms with E-state index in [-0.39, 0.29) is 18.4 Å². The molecule has 6 nitrogen and oxygen atoms in total. The van der Waals surface area contributed by atoms with E-state index in [2.05, 4.69) is 5.32 Å². The number of carbonyl (C=O) groups excluding carboxylic acids is 3. The maximum absolute atomic E-state index is 13.0. The summed E-state index contributed by atoms with van der Waals surface area (Å²) in [5, 5.41) is 3.21. The van der Waals surface area contributed by atoms with Crippen molar-refractivity contribution in [2.45, 2.75) is 58.9 Å². The SMILES string of the molecule is CCOC(=O)c1c(N2C(=O)NC(C)(C(C)C)C2=O)sc2c1CCCC2. The highest BCUT2D eigenvalue weighted by atomic mass is 32.1. The van der Waals surface area contributed by atoms with Gasteiger partial charge in [0.2, 0.25) is 0 Å². The minimum absolute atomic E-state index is 0.0606. The number of aryl methyl sites for hydroxylation is 1. The number of hydrogen-bond acceptors (Lipinski definition) is 5. The zero-order valence-electron chi connectivity index (χ0n) is 15.1. The van der Waals surface area contributed by atoms with Crippen LogP contribution in [0.1, 0.15) is 61.3 Å². The Labute approximate surface area is 151 Å². The number of amides is 3. The topological polar surface area (TPSA) is 75.7 Å². The lowest BCUT2D eigenvalue weighted by molar-refractivity contribution is -0.122. The Morgan fingerprint density at radius 3 is 2.60 bits per heavy atom. The zero-order chi connectivity index (χ0) is 18.4. The van der Waals surface area contributed by atoms with Crippen LogP contribution < -0.4 is 10.2 Å². The Hall–Kier alpha value is -1.89. The van der Waals surface area contributed by atoms with E-state index in [1.165, 1.54) is 11.3 Å². The van der Waals surface area contributed by atoms with E-state index in [0.29, 0.717) is 10.6 Å². The van der Waals surface area contributed by atoms with Gasteiger partial charge in [0.05, 0.1) is 12.2 Å². The molecule has 3 rings (SSSR count). The first-order valence-electron chi connectivity index (χ1n) is 8.79. The van der Waals surface area contributed by atoms with Crippen LogP contribution in [0, 0.1) is 5.92 Å². The number of thiophene rings is 1. The molecule has 7 heteroatoms. The molecule has 1 atom stereocenters. The predicted octanol–water partition coefficient (Wildman–Crippen LogP) is 3.27. The molecule has 2 aliphatic rings. The zero-order valence-corrected chi connectivity index (χ0v) is 15.9. The van der Waals surface area contributed by atoms with Crippen LogP contribution in [0.15, 0.2) is 0 Å². The van der Waals surface area contributed by atoms with Gasteiger partial charge in [-0.05, 0) is 51.0 Å². The number of rotatable bonds is 4. The van der Waals surface area contributed by atoms with Crippen LogP contribution in [-0.2, 0) is 22.4 Å². The van der Waals surface area contributed by atoms with Crippen molar-refractivity contribution in [2.75, 3.05) is 11.5 Å². The molecule has 1 saturated heterocycles. The minimum Gasteiger partial charge on any atom is -0.462 e. The molecule has 1 aliphatic carbocycles. The molecule has 0 saturated carbocycles. The predicted molar refractivity (Wildman–Crippen MR) is 96.2 cm³/mol. The van der Waals surface area contributed by atoms with Crippen LogP contribution >= 0.6 is 11.3 Å². The molecule has 2 heterocycles. The average Bonchev–Trinajstić information content (AvgIpc) is 3.03. The molecule has 1 unspecified atom stereocenters. The lowest BCUT2D eigenvalue weighted by atomic mass is 9.88. The minimum atomic E-state index is -0.965. The highest BCUT2D eigenvalue weighted by Gasteiger charge is 2.52. The molecule has 1 aromatic heterocycles. The molecule has 0 radical (unpaired) electrons. The highest BCUT2D eigenvalue weighted by molar-refractivity contribution is 7.17. The second-order valence-corrected chi connectivity index (χ2v) is 8.12. The molecule has 0 spiro atoms. The third-order valence-electron chi connectivity index (χ3n) is 5.21. The van der Waals surface area contributed by atoms with Crippen molar-refractivity contribution in [2.24, 2.45) is 5.92 Å². The van der Waals surface area contributed by atoms with Gasteiger partial charge in [0.1, 0.15) is 10.5 Å². The molecule has 1 fully saturated rings. The van der Waals surface area contributed by atoms with E-state index in [1.807, 2.05) is 13.8 Å². The van der Waals surface area contributed by atoms with Crippen molar-refractivity contribution >= 4 is 34.2 Å². The van der Waals surface area contributed by atoms with E-state index in [0.717, 1.165) is 41.0 Å². The number of fused-ring (bicyclic) bond motifs is 1. The second-order valence-electron chi connectivity index (χ2n) is 7.04. The van der Waals surface area contributed by atoms with Gasteiger partial charge in [-0.2, -0.15) is 0 Å². The summed E-state index contributed by atoms with van der Waals surface area (Å²) in [7, 11) is 0. The van der Waals surface area contributed by atoms with Crippen molar-refractivity contribution in [1.29, 1.82) is 0 Å². The lowest BCUT2D eigenvalue weighted by Crippen LogP contribution is -2.48. The summed E-state index contributed by atoms with van der Waals surface area (Å²) < 4.78 is 5.22. The van der Waals surface area contributed by atoms with Crippen LogP contribution in [0.25, 0.3) is 0 Å². The number of imide groups is 1. The smallest absolute Gasteiger partial charge is 0.341 e. The van der Waals surface area contributed by atoms with E-state index in [1.54, 1.807) is 13.8 Å². The molecular weight excluding hydrogens is 340 g/mol. The summed E-state index contributed by atoms with van der Waals surface area (Å²) in [5.41, 5.74) is 0.384. The van der Waals surface area contributed by atoms with Crippen molar-refractivity contribution in [3.8, 4) is 0 Å². The van der Waals surface area contributed by atoms with Crippen molar-refractivity contribution < 1.29 is 19.1 Å². The largest absolute Gasteiger partial charge is 0.462 e. The molecular formula is C18H24N2O4S. The summed E-state index contributed by atoms with van der Waals surface area (Å²) in [6.07, 6.45) is 3.71. The molecule has 1 aliphatic heterocycles. The number of hydrogen-bond donors (Lipinski definition) is 1. The van der Waals surface area contributed by atoms with Crippen LogP contribution in [0.2, 0.25) is 0 Å². The molecule has 3 amide bonds. The number of urea groups is 1. The van der Waals surface area contributed by atoms with Gasteiger partial charge in [-0.1, -0.05) is 13.8 Å². The maximum Gasteiger partial charge on any atom is 0.341 e. The standard InChI is InChI=1S/C18H24N2O4S/c1-5-24-15(21)13-11-8-6-7-9-12(11)25-14(13)20-16(22)18(4,10(2)3)19-17(20)23/h10H,5-9H2,1-4H3,(H,19,23). The summed E-state index contributed by atoms with van der Waals surface area (Å²) in [6.45, 7) is 7.53. The van der Waals surface area contributed by atoms with Crippen LogP contribution in [0.4, 0.5) is 9.80 Å². The van der Waals surface area contributed by atoms with Crippen molar-refractivity contribution in [3.63, 3.8) is 0 Å². The monoisotopic (exact) mass is 364 g/mol. The Kier molecular flexibility index (Phi) is 4.62. The normalized spacial score (nSPS) is 23.0. The first-order chi connectivity index (χ1) is 11.8. The molecule has 0 bridgehead atoms. The van der Waals surface area contributed by atoms with Gasteiger partial charge in [0.15, 0.2) is 0 Å². The Morgan fingerprint density at radius 1 is 1.32 bits per heavy atom. The van der Waals surface area contributed by atoms with Gasteiger partial charge in [0.25, 0.3) is 5.91 Å². The number of carbonyl (C=O) groups is 3. The van der Waals surface area contributed by atoms with Crippen molar-refractivity contribution in [1.82, 2.24) is 5.32 Å². The van der Waals surface area contributed by atoms with Crippen LogP contribution in [0.5, 0.6) is 0 Å². The maximum atomic E-state index is 13.0. The fourth-order valence-electron chi connectivity index (χ4n) is 3.35. The van der Waals surface area contributed by atoms with E-state index in [4.69, 9.17) is 4.74 Å². The summed E-state index contributed by atoms with van der Waals surface area (Å²) >= 11 is 1.38. The number of nitrogens with zero attached hydrogens (tertiary/aromatic N) is 1. The van der Waals surface area contributed by atoms with Gasteiger partial charge in [-0.3, -0.25) is 4.79 Å². The van der Waals surface area contributed by atoms with Gasteiger partial charge in [0, 0.05) is 4.88 Å². The molecule has 136 valence electrons. The fourth-order valence-corrected chi connectivity index (χ4v) is 4.73. The first kappa shape index (κ1) is 17.9. The summed E-state index contributed by atoms with van der Waals surface area (Å²) in [6, 6.07) is -0.467. The van der Waals surface area contributed by atoms with Gasteiger partial charge in [-0.15, -0.1) is 11.3 Å².